The number of ether oxygens (including phenoxy) is 4. The van der Waals surface area contributed by atoms with E-state index in [0.29, 0.717) is 48.2 Å². The lowest BCUT2D eigenvalue weighted by molar-refractivity contribution is 0.107. The Morgan fingerprint density at radius 1 is 1.03 bits per heavy atom. The van der Waals surface area contributed by atoms with Crippen LogP contribution in [0.2, 0.25) is 0 Å². The Hall–Kier alpha value is -3.49. The van der Waals surface area contributed by atoms with Gasteiger partial charge in [0.15, 0.2) is 11.5 Å². The molecule has 0 aliphatic carbocycles. The fraction of sp³-hybridized carbons (Fsp3) is 0.346. The predicted octanol–water partition coefficient (Wildman–Crippen LogP) is 2.69. The number of nitrogens with one attached hydrogen (secondary N) is 1. The van der Waals surface area contributed by atoms with Gasteiger partial charge in [-0.1, -0.05) is 18.7 Å². The highest BCUT2D eigenvalue weighted by Gasteiger charge is 2.13. The maximum absolute atomic E-state index is 12.1. The molecule has 0 aliphatic heterocycles. The normalized spacial score (nSPS) is 11.8. The topological polar surface area (TPSA) is 91.2 Å². The Labute approximate surface area is 199 Å². The Morgan fingerprint density at radius 3 is 2.50 bits per heavy atom. The third kappa shape index (κ3) is 6.09. The second kappa shape index (κ2) is 12.1. The van der Waals surface area contributed by atoms with Crippen LogP contribution < -0.4 is 29.8 Å². The summed E-state index contributed by atoms with van der Waals surface area (Å²) < 4.78 is 23.7. The Bertz CT molecular complexity index is 1170. The van der Waals surface area contributed by atoms with Crippen LogP contribution in [0.15, 0.2) is 59.9 Å². The molecule has 182 valence electrons. The standard InChI is InChI=1S/C26H32N2O6/c1-5-14-33-23-10-9-21(20-7-11-25(30)28(2)26(20)23)34-17-19(29)16-27-13-12-18-6-8-22(31-3)24(15-18)32-4/h5-11,15,19,27,29H,1,12-14,16-17H2,2-4H3. The molecule has 3 rings (SSSR count). The zero-order valence-electron chi connectivity index (χ0n) is 19.9. The van der Waals surface area contributed by atoms with Crippen molar-refractivity contribution in [2.45, 2.75) is 12.5 Å². The Morgan fingerprint density at radius 2 is 1.76 bits per heavy atom. The molecular formula is C26H32N2O6. The number of methoxy groups -OCH3 is 2. The summed E-state index contributed by atoms with van der Waals surface area (Å²) in [5.41, 5.74) is 1.59. The Balaban J connectivity index is 1.56. The average Bonchev–Trinajstić information content (AvgIpc) is 2.86. The third-order valence-corrected chi connectivity index (χ3v) is 5.40. The number of benzene rings is 2. The number of rotatable bonds is 13. The highest BCUT2D eigenvalue weighted by Crippen LogP contribution is 2.32. The fourth-order valence-corrected chi connectivity index (χ4v) is 3.63. The van der Waals surface area contributed by atoms with Crippen molar-refractivity contribution in [2.24, 2.45) is 7.05 Å². The van der Waals surface area contributed by atoms with Crippen molar-refractivity contribution in [3.63, 3.8) is 0 Å². The number of aliphatic hydroxyl groups excluding tert-OH is 1. The molecule has 8 nitrogen and oxygen atoms in total. The number of aryl methyl sites for hydroxylation is 1. The molecule has 0 saturated heterocycles. The first-order chi connectivity index (χ1) is 16.5. The van der Waals surface area contributed by atoms with Crippen LogP contribution in [0.1, 0.15) is 5.56 Å². The van der Waals surface area contributed by atoms with Crippen molar-refractivity contribution in [1.29, 1.82) is 0 Å². The van der Waals surface area contributed by atoms with E-state index in [1.807, 2.05) is 18.2 Å². The van der Waals surface area contributed by atoms with E-state index in [2.05, 4.69) is 11.9 Å². The summed E-state index contributed by atoms with van der Waals surface area (Å²) in [5, 5.41) is 14.4. The molecule has 0 aliphatic rings. The molecule has 0 bridgehead atoms. The number of hydrogen-bond donors (Lipinski definition) is 2. The van der Waals surface area contributed by atoms with Crippen LogP contribution >= 0.6 is 0 Å². The summed E-state index contributed by atoms with van der Waals surface area (Å²) >= 11 is 0. The minimum atomic E-state index is -0.704. The van der Waals surface area contributed by atoms with Gasteiger partial charge in [-0.2, -0.15) is 0 Å². The molecule has 8 heteroatoms. The van der Waals surface area contributed by atoms with E-state index in [1.54, 1.807) is 45.5 Å². The lowest BCUT2D eigenvalue weighted by Crippen LogP contribution is -2.32. The summed E-state index contributed by atoms with van der Waals surface area (Å²) in [6.45, 7) is 5.16. The molecule has 2 N–H and O–H groups in total. The van der Waals surface area contributed by atoms with E-state index in [1.165, 1.54) is 10.6 Å². The molecule has 0 fully saturated rings. The second-order valence-corrected chi connectivity index (χ2v) is 7.76. The third-order valence-electron chi connectivity index (χ3n) is 5.40. The van der Waals surface area contributed by atoms with Gasteiger partial charge in [0.2, 0.25) is 0 Å². The molecule has 1 aromatic heterocycles. The first kappa shape index (κ1) is 25.1. The highest BCUT2D eigenvalue weighted by atomic mass is 16.5. The SMILES string of the molecule is C=CCOc1ccc(OCC(O)CNCCc2ccc(OC)c(OC)c2)c2ccc(=O)n(C)c12. The first-order valence-electron chi connectivity index (χ1n) is 11.1. The minimum Gasteiger partial charge on any atom is -0.493 e. The lowest BCUT2D eigenvalue weighted by atomic mass is 10.1. The van der Waals surface area contributed by atoms with Crippen LogP contribution in [0.3, 0.4) is 0 Å². The molecule has 0 saturated carbocycles. The highest BCUT2D eigenvalue weighted by molar-refractivity contribution is 5.90. The largest absolute Gasteiger partial charge is 0.493 e. The maximum Gasteiger partial charge on any atom is 0.250 e. The van der Waals surface area contributed by atoms with E-state index in [4.69, 9.17) is 18.9 Å². The molecule has 0 spiro atoms. The summed E-state index contributed by atoms with van der Waals surface area (Å²) in [6.07, 6.45) is 1.72. The van der Waals surface area contributed by atoms with Crippen LogP contribution in [-0.2, 0) is 13.5 Å². The van der Waals surface area contributed by atoms with Crippen LogP contribution in [0, 0.1) is 0 Å². The Kier molecular flexibility index (Phi) is 8.95. The quantitative estimate of drug-likeness (QED) is 0.294. The van der Waals surface area contributed by atoms with Gasteiger partial charge >= 0.3 is 0 Å². The van der Waals surface area contributed by atoms with Gasteiger partial charge in [-0.3, -0.25) is 4.79 Å². The summed E-state index contributed by atoms with van der Waals surface area (Å²) in [6, 6.07) is 12.5. The van der Waals surface area contributed by atoms with E-state index in [9.17, 15) is 9.90 Å². The molecule has 2 aromatic carbocycles. The zero-order valence-corrected chi connectivity index (χ0v) is 19.9. The van der Waals surface area contributed by atoms with Crippen LogP contribution in [0.25, 0.3) is 10.9 Å². The number of pyridine rings is 1. The summed E-state index contributed by atoms with van der Waals surface area (Å²) in [4.78, 5) is 12.1. The molecule has 1 atom stereocenters. The second-order valence-electron chi connectivity index (χ2n) is 7.76. The number of aliphatic hydroxyl groups is 1. The predicted molar refractivity (Wildman–Crippen MR) is 133 cm³/mol. The molecule has 34 heavy (non-hydrogen) atoms. The van der Waals surface area contributed by atoms with E-state index < -0.39 is 6.10 Å². The number of fused-ring (bicyclic) bond motifs is 1. The number of aromatic nitrogens is 1. The van der Waals surface area contributed by atoms with Gasteiger partial charge in [0.25, 0.3) is 5.56 Å². The van der Waals surface area contributed by atoms with Crippen LogP contribution in [-0.4, -0.2) is 56.3 Å². The van der Waals surface area contributed by atoms with E-state index >= 15 is 0 Å². The van der Waals surface area contributed by atoms with E-state index in [-0.39, 0.29) is 12.2 Å². The smallest absolute Gasteiger partial charge is 0.250 e. The molecule has 0 amide bonds. The van der Waals surface area contributed by atoms with Gasteiger partial charge in [-0.05, 0) is 48.9 Å². The van der Waals surface area contributed by atoms with E-state index in [0.717, 1.165) is 17.4 Å². The maximum atomic E-state index is 12.1. The van der Waals surface area contributed by atoms with Gasteiger partial charge in [0, 0.05) is 25.0 Å². The average molecular weight is 469 g/mol. The van der Waals surface area contributed by atoms with Crippen molar-refractivity contribution < 1.29 is 24.1 Å². The zero-order chi connectivity index (χ0) is 24.5. The van der Waals surface area contributed by atoms with Gasteiger partial charge in [0.1, 0.15) is 30.8 Å². The molecule has 3 aromatic rings. The molecular weight excluding hydrogens is 436 g/mol. The lowest BCUT2D eigenvalue weighted by Gasteiger charge is -2.17. The number of nitrogens with zero attached hydrogens (tertiary/aromatic N) is 1. The van der Waals surface area contributed by atoms with Crippen molar-refractivity contribution in [2.75, 3.05) is 40.5 Å². The van der Waals surface area contributed by atoms with Gasteiger partial charge < -0.3 is 33.9 Å². The molecule has 1 unspecified atom stereocenters. The summed E-state index contributed by atoms with van der Waals surface area (Å²) in [5.74, 6) is 2.53. The summed E-state index contributed by atoms with van der Waals surface area (Å²) in [7, 11) is 4.91. The van der Waals surface area contributed by atoms with Crippen molar-refractivity contribution in [3.8, 4) is 23.0 Å². The van der Waals surface area contributed by atoms with Crippen molar-refractivity contribution in [1.82, 2.24) is 9.88 Å². The van der Waals surface area contributed by atoms with Crippen molar-refractivity contribution >= 4 is 10.9 Å². The van der Waals surface area contributed by atoms with Crippen molar-refractivity contribution in [3.05, 3.63) is 71.0 Å². The molecule has 0 radical (unpaired) electrons. The monoisotopic (exact) mass is 468 g/mol. The fourth-order valence-electron chi connectivity index (χ4n) is 3.63. The van der Waals surface area contributed by atoms with Gasteiger partial charge in [-0.15, -0.1) is 0 Å². The first-order valence-corrected chi connectivity index (χ1v) is 11.1. The number of hydrogen-bond acceptors (Lipinski definition) is 7. The van der Waals surface area contributed by atoms with Crippen LogP contribution in [0.5, 0.6) is 23.0 Å². The van der Waals surface area contributed by atoms with Gasteiger partial charge in [-0.25, -0.2) is 0 Å². The van der Waals surface area contributed by atoms with Crippen LogP contribution in [0.4, 0.5) is 0 Å². The minimum absolute atomic E-state index is 0.105. The van der Waals surface area contributed by atoms with Gasteiger partial charge in [0.05, 0.1) is 19.7 Å². The molecule has 1 heterocycles.